The summed E-state index contributed by atoms with van der Waals surface area (Å²) in [6, 6.07) is 0. The van der Waals surface area contributed by atoms with Crippen LogP contribution in [0.2, 0.25) is 0 Å². The van der Waals surface area contributed by atoms with Crippen molar-refractivity contribution >= 4 is 6.09 Å². The van der Waals surface area contributed by atoms with Crippen LogP contribution in [-0.2, 0) is 9.47 Å². The van der Waals surface area contributed by atoms with Gasteiger partial charge in [0.2, 0.25) is 0 Å². The summed E-state index contributed by atoms with van der Waals surface area (Å²) < 4.78 is 10.9. The van der Waals surface area contributed by atoms with Gasteiger partial charge in [-0.2, -0.15) is 0 Å². The Hall–Kier alpha value is -0.810. The highest BCUT2D eigenvalue weighted by Crippen LogP contribution is 2.25. The molecule has 1 heterocycles. The van der Waals surface area contributed by atoms with Crippen molar-refractivity contribution in [2.45, 2.75) is 45.3 Å². The highest BCUT2D eigenvalue weighted by atomic mass is 16.6. The second-order valence-corrected chi connectivity index (χ2v) is 5.72. The van der Waals surface area contributed by atoms with Crippen LogP contribution in [0.5, 0.6) is 0 Å². The summed E-state index contributed by atoms with van der Waals surface area (Å²) in [6.45, 7) is 9.75. The minimum absolute atomic E-state index is 0.281. The van der Waals surface area contributed by atoms with E-state index < -0.39 is 5.60 Å². The van der Waals surface area contributed by atoms with Gasteiger partial charge in [-0.1, -0.05) is 0 Å². The molecule has 0 saturated carbocycles. The number of amides is 1. The van der Waals surface area contributed by atoms with E-state index >= 15 is 0 Å². The SMILES string of the molecule is CC(C)(C)OC(=O)N1CCOCC1(C)CCN. The smallest absolute Gasteiger partial charge is 0.410 e. The predicted octanol–water partition coefficient (Wildman–Crippen LogP) is 1.36. The van der Waals surface area contributed by atoms with Gasteiger partial charge in [0.05, 0.1) is 18.8 Å². The van der Waals surface area contributed by atoms with Crippen LogP contribution >= 0.6 is 0 Å². The molecule has 1 rings (SSSR count). The molecule has 5 nitrogen and oxygen atoms in total. The Morgan fingerprint density at radius 3 is 2.71 bits per heavy atom. The zero-order valence-electron chi connectivity index (χ0n) is 11.3. The van der Waals surface area contributed by atoms with Crippen molar-refractivity contribution in [2.24, 2.45) is 5.73 Å². The molecule has 0 aromatic rings. The quantitative estimate of drug-likeness (QED) is 0.796. The average Bonchev–Trinajstić information content (AvgIpc) is 2.15. The highest BCUT2D eigenvalue weighted by molar-refractivity contribution is 5.69. The van der Waals surface area contributed by atoms with Crippen molar-refractivity contribution < 1.29 is 14.3 Å². The molecular formula is C12H24N2O3. The number of nitrogens with two attached hydrogens (primary N) is 1. The third kappa shape index (κ3) is 3.85. The fraction of sp³-hybridized carbons (Fsp3) is 0.917. The molecule has 0 aromatic heterocycles. The van der Waals surface area contributed by atoms with Crippen molar-refractivity contribution in [3.8, 4) is 0 Å². The van der Waals surface area contributed by atoms with Crippen LogP contribution in [0, 0.1) is 0 Å². The maximum atomic E-state index is 12.1. The maximum Gasteiger partial charge on any atom is 0.410 e. The van der Waals surface area contributed by atoms with Crippen LogP contribution in [0.3, 0.4) is 0 Å². The van der Waals surface area contributed by atoms with Crippen molar-refractivity contribution in [1.29, 1.82) is 0 Å². The van der Waals surface area contributed by atoms with Crippen LogP contribution in [0.25, 0.3) is 0 Å². The van der Waals surface area contributed by atoms with Crippen LogP contribution in [0.4, 0.5) is 4.79 Å². The Bertz CT molecular complexity index is 271. The fourth-order valence-electron chi connectivity index (χ4n) is 1.94. The van der Waals surface area contributed by atoms with E-state index in [1.165, 1.54) is 0 Å². The molecule has 17 heavy (non-hydrogen) atoms. The average molecular weight is 244 g/mol. The van der Waals surface area contributed by atoms with Crippen LogP contribution < -0.4 is 5.73 Å². The van der Waals surface area contributed by atoms with Gasteiger partial charge in [0, 0.05) is 6.54 Å². The fourth-order valence-corrected chi connectivity index (χ4v) is 1.94. The molecule has 0 aromatic carbocycles. The van der Waals surface area contributed by atoms with E-state index in [-0.39, 0.29) is 11.6 Å². The number of hydrogen-bond acceptors (Lipinski definition) is 4. The maximum absolute atomic E-state index is 12.1. The number of hydrogen-bond donors (Lipinski definition) is 1. The molecule has 100 valence electrons. The molecule has 1 amide bonds. The molecule has 0 aliphatic carbocycles. The number of rotatable bonds is 2. The van der Waals surface area contributed by atoms with Crippen molar-refractivity contribution in [2.75, 3.05) is 26.3 Å². The summed E-state index contributed by atoms with van der Waals surface area (Å²) in [5.74, 6) is 0. The first-order chi connectivity index (χ1) is 7.78. The van der Waals surface area contributed by atoms with E-state index in [1.54, 1.807) is 4.90 Å². The van der Waals surface area contributed by atoms with E-state index in [2.05, 4.69) is 0 Å². The molecule has 0 spiro atoms. The first kappa shape index (κ1) is 14.3. The molecule has 0 bridgehead atoms. The largest absolute Gasteiger partial charge is 0.444 e. The third-order valence-corrected chi connectivity index (χ3v) is 2.82. The third-order valence-electron chi connectivity index (χ3n) is 2.82. The topological polar surface area (TPSA) is 64.8 Å². The van der Waals surface area contributed by atoms with Gasteiger partial charge < -0.3 is 15.2 Å². The molecule has 1 atom stereocenters. The normalized spacial score (nSPS) is 25.8. The molecule has 1 unspecified atom stereocenters. The number of nitrogens with zero attached hydrogens (tertiary/aromatic N) is 1. The van der Waals surface area contributed by atoms with Gasteiger partial charge >= 0.3 is 6.09 Å². The lowest BCUT2D eigenvalue weighted by Crippen LogP contribution is -2.59. The Morgan fingerprint density at radius 1 is 1.53 bits per heavy atom. The molecule has 2 N–H and O–H groups in total. The zero-order chi connectivity index (χ0) is 13.1. The lowest BCUT2D eigenvalue weighted by Gasteiger charge is -2.44. The zero-order valence-corrected chi connectivity index (χ0v) is 11.3. The summed E-state index contributed by atoms with van der Waals surface area (Å²) in [5.41, 5.74) is 4.77. The lowest BCUT2D eigenvalue weighted by atomic mass is 9.95. The Labute approximate surface area is 103 Å². The first-order valence-corrected chi connectivity index (χ1v) is 6.07. The Kier molecular flexibility index (Phi) is 4.38. The molecule has 0 radical (unpaired) electrons. The molecular weight excluding hydrogens is 220 g/mol. The summed E-state index contributed by atoms with van der Waals surface area (Å²) >= 11 is 0. The van der Waals surface area contributed by atoms with Gasteiger partial charge in [0.15, 0.2) is 0 Å². The minimum Gasteiger partial charge on any atom is -0.444 e. The van der Waals surface area contributed by atoms with Gasteiger partial charge in [-0.3, -0.25) is 4.90 Å². The Morgan fingerprint density at radius 2 is 2.18 bits per heavy atom. The summed E-state index contributed by atoms with van der Waals surface area (Å²) in [4.78, 5) is 13.9. The molecule has 1 fully saturated rings. The number of morpholine rings is 1. The summed E-state index contributed by atoms with van der Waals surface area (Å²) in [5, 5.41) is 0. The van der Waals surface area contributed by atoms with Crippen LogP contribution in [0.1, 0.15) is 34.1 Å². The van der Waals surface area contributed by atoms with Gasteiger partial charge in [-0.05, 0) is 40.7 Å². The van der Waals surface area contributed by atoms with Crippen LogP contribution in [0.15, 0.2) is 0 Å². The van der Waals surface area contributed by atoms with Gasteiger partial charge in [0.25, 0.3) is 0 Å². The number of carbonyl (C=O) groups excluding carboxylic acids is 1. The highest BCUT2D eigenvalue weighted by Gasteiger charge is 2.39. The van der Waals surface area contributed by atoms with E-state index in [4.69, 9.17) is 15.2 Å². The van der Waals surface area contributed by atoms with E-state index in [9.17, 15) is 4.79 Å². The minimum atomic E-state index is -0.473. The summed E-state index contributed by atoms with van der Waals surface area (Å²) in [7, 11) is 0. The lowest BCUT2D eigenvalue weighted by molar-refractivity contribution is -0.0703. The molecule has 5 heteroatoms. The standard InChI is InChI=1S/C12H24N2O3/c1-11(2,3)17-10(15)14-7-8-16-9-12(14,4)5-6-13/h5-9,13H2,1-4H3. The van der Waals surface area contributed by atoms with Crippen LogP contribution in [-0.4, -0.2) is 48.4 Å². The predicted molar refractivity (Wildman–Crippen MR) is 65.8 cm³/mol. The van der Waals surface area contributed by atoms with E-state index in [0.717, 1.165) is 0 Å². The first-order valence-electron chi connectivity index (χ1n) is 6.07. The van der Waals surface area contributed by atoms with E-state index in [0.29, 0.717) is 32.7 Å². The number of ether oxygens (including phenoxy) is 2. The van der Waals surface area contributed by atoms with E-state index in [1.807, 2.05) is 27.7 Å². The van der Waals surface area contributed by atoms with Gasteiger partial charge in [-0.15, -0.1) is 0 Å². The van der Waals surface area contributed by atoms with Gasteiger partial charge in [-0.25, -0.2) is 4.79 Å². The molecule has 1 aliphatic heterocycles. The number of carbonyl (C=O) groups is 1. The Balaban J connectivity index is 2.74. The molecule has 1 aliphatic rings. The van der Waals surface area contributed by atoms with Crippen molar-refractivity contribution in [3.63, 3.8) is 0 Å². The van der Waals surface area contributed by atoms with Crippen molar-refractivity contribution in [1.82, 2.24) is 4.90 Å². The monoisotopic (exact) mass is 244 g/mol. The molecule has 1 saturated heterocycles. The second-order valence-electron chi connectivity index (χ2n) is 5.72. The van der Waals surface area contributed by atoms with Gasteiger partial charge in [0.1, 0.15) is 5.60 Å². The second kappa shape index (κ2) is 5.23. The van der Waals surface area contributed by atoms with Crippen molar-refractivity contribution in [3.05, 3.63) is 0 Å². The summed E-state index contributed by atoms with van der Waals surface area (Å²) in [6.07, 6.45) is 0.434.